The van der Waals surface area contributed by atoms with E-state index in [0.717, 1.165) is 14.8 Å². The molecule has 0 bridgehead atoms. The van der Waals surface area contributed by atoms with E-state index in [9.17, 15) is 14.0 Å². The second-order valence-corrected chi connectivity index (χ2v) is 7.36. The van der Waals surface area contributed by atoms with Gasteiger partial charge >= 0.3 is 0 Å². The van der Waals surface area contributed by atoms with Gasteiger partial charge in [0.05, 0.1) is 15.8 Å². The Balaban J connectivity index is 1.77. The third kappa shape index (κ3) is 3.00. The highest BCUT2D eigenvalue weighted by molar-refractivity contribution is 7.26. The van der Waals surface area contributed by atoms with Gasteiger partial charge in [-0.2, -0.15) is 5.10 Å². The summed E-state index contributed by atoms with van der Waals surface area (Å²) in [6, 6.07) is 12.3. The molecule has 0 aliphatic rings. The summed E-state index contributed by atoms with van der Waals surface area (Å²) in [5.41, 5.74) is 0.863. The van der Waals surface area contributed by atoms with Crippen molar-refractivity contribution in [3.8, 4) is 0 Å². The number of aromatic nitrogens is 2. The smallest absolute Gasteiger partial charge is 0.276 e. The molecule has 0 radical (unpaired) electrons. The third-order valence-corrected chi connectivity index (χ3v) is 5.74. The number of fused-ring (bicyclic) bond motifs is 3. The standard InChI is InChI=1S/C20H16FN3O2S/c1-11-18-17(15-5-3-4-6-16(15)27-18)20(26)24(23-11)12(2)19(25)22-14-9-7-13(21)8-10-14/h3-10,12H,1-2H3,(H,22,25). The molecule has 5 nitrogen and oxygen atoms in total. The first-order valence-corrected chi connectivity index (χ1v) is 9.24. The third-order valence-electron chi connectivity index (χ3n) is 4.46. The number of hydrogen-bond donors (Lipinski definition) is 1. The van der Waals surface area contributed by atoms with Crippen LogP contribution in [0.5, 0.6) is 0 Å². The van der Waals surface area contributed by atoms with Crippen LogP contribution >= 0.6 is 11.3 Å². The molecule has 0 saturated heterocycles. The number of anilines is 1. The van der Waals surface area contributed by atoms with Crippen molar-refractivity contribution in [3.63, 3.8) is 0 Å². The molecule has 2 aromatic carbocycles. The topological polar surface area (TPSA) is 64.0 Å². The Morgan fingerprint density at radius 2 is 1.89 bits per heavy atom. The monoisotopic (exact) mass is 381 g/mol. The van der Waals surface area contributed by atoms with Gasteiger partial charge in [0, 0.05) is 15.8 Å². The zero-order chi connectivity index (χ0) is 19.1. The molecule has 1 atom stereocenters. The predicted molar refractivity (Wildman–Crippen MR) is 106 cm³/mol. The van der Waals surface area contributed by atoms with Crippen LogP contribution in [0.2, 0.25) is 0 Å². The largest absolute Gasteiger partial charge is 0.324 e. The summed E-state index contributed by atoms with van der Waals surface area (Å²) < 4.78 is 16.1. The van der Waals surface area contributed by atoms with Crippen LogP contribution in [0.1, 0.15) is 18.7 Å². The number of amides is 1. The molecule has 1 N–H and O–H groups in total. The summed E-state index contributed by atoms with van der Waals surface area (Å²) in [7, 11) is 0. The number of rotatable bonds is 3. The summed E-state index contributed by atoms with van der Waals surface area (Å²) in [4.78, 5) is 25.7. The quantitative estimate of drug-likeness (QED) is 0.577. The molecule has 0 aliphatic heterocycles. The molecule has 7 heteroatoms. The molecule has 2 heterocycles. The second kappa shape index (κ2) is 6.59. The van der Waals surface area contributed by atoms with Crippen LogP contribution in [0.4, 0.5) is 10.1 Å². The van der Waals surface area contributed by atoms with Crippen LogP contribution in [0.15, 0.2) is 53.3 Å². The molecule has 2 aromatic heterocycles. The van der Waals surface area contributed by atoms with E-state index in [-0.39, 0.29) is 11.4 Å². The van der Waals surface area contributed by atoms with Gasteiger partial charge in [0.15, 0.2) is 0 Å². The lowest BCUT2D eigenvalue weighted by Gasteiger charge is -2.15. The maximum absolute atomic E-state index is 13.1. The Labute approximate surface area is 158 Å². The van der Waals surface area contributed by atoms with Crippen molar-refractivity contribution < 1.29 is 9.18 Å². The maximum Gasteiger partial charge on any atom is 0.276 e. The van der Waals surface area contributed by atoms with E-state index in [2.05, 4.69) is 10.4 Å². The number of benzene rings is 2. The average molecular weight is 381 g/mol. The minimum atomic E-state index is -0.815. The van der Waals surface area contributed by atoms with Gasteiger partial charge in [-0.3, -0.25) is 9.59 Å². The normalized spacial score (nSPS) is 12.4. The van der Waals surface area contributed by atoms with Crippen LogP contribution in [0.25, 0.3) is 20.2 Å². The van der Waals surface area contributed by atoms with Gasteiger partial charge < -0.3 is 5.32 Å². The van der Waals surface area contributed by atoms with Gasteiger partial charge in [0.2, 0.25) is 5.91 Å². The maximum atomic E-state index is 13.1. The molecule has 0 saturated carbocycles. The van der Waals surface area contributed by atoms with Gasteiger partial charge in [0.25, 0.3) is 5.56 Å². The minimum Gasteiger partial charge on any atom is -0.324 e. The number of halogens is 1. The van der Waals surface area contributed by atoms with Gasteiger partial charge in [-0.1, -0.05) is 18.2 Å². The zero-order valence-corrected chi connectivity index (χ0v) is 15.5. The summed E-state index contributed by atoms with van der Waals surface area (Å²) >= 11 is 1.52. The molecule has 4 aromatic rings. The Hall–Kier alpha value is -3.06. The Morgan fingerprint density at radius 3 is 2.63 bits per heavy atom. The van der Waals surface area contributed by atoms with Crippen molar-refractivity contribution in [2.45, 2.75) is 19.9 Å². The van der Waals surface area contributed by atoms with Crippen LogP contribution < -0.4 is 10.9 Å². The predicted octanol–water partition coefficient (Wildman–Crippen LogP) is 4.26. The summed E-state index contributed by atoms with van der Waals surface area (Å²) in [6.07, 6.45) is 0. The first-order chi connectivity index (χ1) is 13.0. The van der Waals surface area contributed by atoms with Crippen molar-refractivity contribution in [1.29, 1.82) is 0 Å². The van der Waals surface area contributed by atoms with Crippen molar-refractivity contribution in [2.75, 3.05) is 5.32 Å². The lowest BCUT2D eigenvalue weighted by atomic mass is 10.2. The molecule has 0 spiro atoms. The van der Waals surface area contributed by atoms with Gasteiger partial charge in [-0.15, -0.1) is 11.3 Å². The number of aryl methyl sites for hydroxylation is 1. The van der Waals surface area contributed by atoms with Gasteiger partial charge in [0.1, 0.15) is 11.9 Å². The van der Waals surface area contributed by atoms with Gasteiger partial charge in [-0.05, 0) is 44.2 Å². The lowest BCUT2D eigenvalue weighted by Crippen LogP contribution is -2.33. The van der Waals surface area contributed by atoms with E-state index in [4.69, 9.17) is 0 Å². The molecule has 4 rings (SSSR count). The molecule has 27 heavy (non-hydrogen) atoms. The molecule has 0 fully saturated rings. The first-order valence-electron chi connectivity index (χ1n) is 8.43. The highest BCUT2D eigenvalue weighted by atomic mass is 32.1. The van der Waals surface area contributed by atoms with Crippen molar-refractivity contribution in [2.24, 2.45) is 0 Å². The molecule has 1 amide bonds. The van der Waals surface area contributed by atoms with E-state index in [1.165, 1.54) is 40.3 Å². The van der Waals surface area contributed by atoms with E-state index >= 15 is 0 Å². The number of nitrogens with one attached hydrogen (secondary N) is 1. The molecule has 136 valence electrons. The summed E-state index contributed by atoms with van der Waals surface area (Å²) in [6.45, 7) is 3.45. The van der Waals surface area contributed by atoms with Crippen molar-refractivity contribution >= 4 is 43.1 Å². The van der Waals surface area contributed by atoms with E-state index in [0.29, 0.717) is 16.8 Å². The van der Waals surface area contributed by atoms with Crippen LogP contribution in [0, 0.1) is 12.7 Å². The Kier molecular flexibility index (Phi) is 4.24. The average Bonchev–Trinajstić information content (AvgIpc) is 3.06. The number of carbonyl (C=O) groups excluding carboxylic acids is 1. The van der Waals surface area contributed by atoms with Crippen LogP contribution in [-0.4, -0.2) is 15.7 Å². The Bertz CT molecular complexity index is 1230. The highest BCUT2D eigenvalue weighted by Crippen LogP contribution is 2.32. The Morgan fingerprint density at radius 1 is 1.19 bits per heavy atom. The first kappa shape index (κ1) is 17.4. The fourth-order valence-corrected chi connectivity index (χ4v) is 4.17. The molecular formula is C20H16FN3O2S. The van der Waals surface area contributed by atoms with Gasteiger partial charge in [-0.25, -0.2) is 9.07 Å². The zero-order valence-electron chi connectivity index (χ0n) is 14.7. The van der Waals surface area contributed by atoms with Crippen molar-refractivity contribution in [1.82, 2.24) is 9.78 Å². The van der Waals surface area contributed by atoms with Crippen LogP contribution in [-0.2, 0) is 4.79 Å². The number of nitrogens with zero attached hydrogens (tertiary/aromatic N) is 2. The number of hydrogen-bond acceptors (Lipinski definition) is 4. The molecule has 0 aliphatic carbocycles. The fourth-order valence-electron chi connectivity index (χ4n) is 3.03. The van der Waals surface area contributed by atoms with E-state index in [1.807, 2.05) is 31.2 Å². The van der Waals surface area contributed by atoms with E-state index < -0.39 is 11.9 Å². The van der Waals surface area contributed by atoms with Crippen molar-refractivity contribution in [3.05, 3.63) is 70.4 Å². The summed E-state index contributed by atoms with van der Waals surface area (Å²) in [5.74, 6) is -0.779. The molecular weight excluding hydrogens is 365 g/mol. The van der Waals surface area contributed by atoms with Crippen LogP contribution in [0.3, 0.4) is 0 Å². The SMILES string of the molecule is Cc1nn(C(C)C(=O)Nc2ccc(F)cc2)c(=O)c2c1sc1ccccc12. The number of thiophene rings is 1. The fraction of sp³-hybridized carbons (Fsp3) is 0.150. The second-order valence-electron chi connectivity index (χ2n) is 6.31. The van der Waals surface area contributed by atoms with E-state index in [1.54, 1.807) is 6.92 Å². The minimum absolute atomic E-state index is 0.296. The number of carbonyl (C=O) groups is 1. The lowest BCUT2D eigenvalue weighted by molar-refractivity contribution is -0.119. The summed E-state index contributed by atoms with van der Waals surface area (Å²) in [5, 5.41) is 8.51. The highest BCUT2D eigenvalue weighted by Gasteiger charge is 2.22. The molecule has 1 unspecified atom stereocenters.